The standard InChI is InChI=1S/C8H11N.C2H6O/c1-6-3-7(2)5-8(9)4-6;1-3-2/h3-5H,9H2,1-2H3;1-2H3. The average molecular weight is 167 g/mol. The topological polar surface area (TPSA) is 35.2 Å². The van der Waals surface area contributed by atoms with E-state index < -0.39 is 0 Å². The third kappa shape index (κ3) is 4.74. The highest BCUT2D eigenvalue weighted by molar-refractivity contribution is 5.43. The first kappa shape index (κ1) is 11.0. The molecule has 0 aliphatic rings. The number of aryl methyl sites for hydroxylation is 2. The predicted molar refractivity (Wildman–Crippen MR) is 53.3 cm³/mol. The van der Waals surface area contributed by atoms with Gasteiger partial charge in [-0.05, 0) is 37.1 Å². The van der Waals surface area contributed by atoms with Crippen molar-refractivity contribution in [3.8, 4) is 0 Å². The molecule has 0 radical (unpaired) electrons. The molecule has 1 rings (SSSR count). The van der Waals surface area contributed by atoms with E-state index in [0.717, 1.165) is 5.69 Å². The van der Waals surface area contributed by atoms with E-state index in [9.17, 15) is 0 Å². The zero-order valence-electron chi connectivity index (χ0n) is 8.22. The van der Waals surface area contributed by atoms with Gasteiger partial charge in [-0.15, -0.1) is 0 Å². The number of methoxy groups -OCH3 is 1. The fraction of sp³-hybridized carbons (Fsp3) is 0.400. The van der Waals surface area contributed by atoms with Gasteiger partial charge in [-0.25, -0.2) is 0 Å². The summed E-state index contributed by atoms with van der Waals surface area (Å²) in [6.07, 6.45) is 0. The van der Waals surface area contributed by atoms with Gasteiger partial charge in [0.25, 0.3) is 0 Å². The molecule has 2 nitrogen and oxygen atoms in total. The average Bonchev–Trinajstić information content (AvgIpc) is 1.84. The molecule has 1 aromatic rings. The monoisotopic (exact) mass is 167 g/mol. The number of benzene rings is 1. The number of hydrogen-bond donors (Lipinski definition) is 1. The van der Waals surface area contributed by atoms with Gasteiger partial charge in [-0.3, -0.25) is 0 Å². The van der Waals surface area contributed by atoms with Crippen molar-refractivity contribution in [1.82, 2.24) is 0 Å². The molecule has 0 amide bonds. The third-order valence-corrected chi connectivity index (χ3v) is 1.24. The first-order valence-electron chi connectivity index (χ1n) is 3.84. The highest BCUT2D eigenvalue weighted by Gasteiger charge is 1.87. The van der Waals surface area contributed by atoms with Crippen molar-refractivity contribution in [2.24, 2.45) is 0 Å². The van der Waals surface area contributed by atoms with Crippen LogP contribution < -0.4 is 5.73 Å². The molecule has 0 fully saturated rings. The maximum absolute atomic E-state index is 5.56. The van der Waals surface area contributed by atoms with Gasteiger partial charge in [0.1, 0.15) is 0 Å². The molecule has 0 spiro atoms. The fourth-order valence-electron chi connectivity index (χ4n) is 1.01. The van der Waals surface area contributed by atoms with E-state index >= 15 is 0 Å². The van der Waals surface area contributed by atoms with Crippen LogP contribution in [0.25, 0.3) is 0 Å². The smallest absolute Gasteiger partial charge is 0.0351 e. The Morgan fingerprint density at radius 3 is 1.58 bits per heavy atom. The molecule has 0 saturated heterocycles. The highest BCUT2D eigenvalue weighted by Crippen LogP contribution is 2.08. The van der Waals surface area contributed by atoms with Crippen LogP contribution in [0.4, 0.5) is 5.69 Å². The van der Waals surface area contributed by atoms with Gasteiger partial charge >= 0.3 is 0 Å². The quantitative estimate of drug-likeness (QED) is 0.601. The number of ether oxygens (including phenoxy) is 1. The molecule has 0 heterocycles. The van der Waals surface area contributed by atoms with Crippen LogP contribution in [-0.2, 0) is 4.74 Å². The molecule has 0 atom stereocenters. The van der Waals surface area contributed by atoms with E-state index in [2.05, 4.69) is 10.8 Å². The summed E-state index contributed by atoms with van der Waals surface area (Å²) in [7, 11) is 3.25. The highest BCUT2D eigenvalue weighted by atomic mass is 16.4. The Bertz CT molecular complexity index is 183. The van der Waals surface area contributed by atoms with Crippen molar-refractivity contribution in [2.45, 2.75) is 13.8 Å². The van der Waals surface area contributed by atoms with Gasteiger partial charge in [-0.2, -0.15) is 0 Å². The van der Waals surface area contributed by atoms with Crippen LogP contribution >= 0.6 is 0 Å². The summed E-state index contributed by atoms with van der Waals surface area (Å²) in [5, 5.41) is 0. The lowest BCUT2D eigenvalue weighted by Crippen LogP contribution is -1.86. The molecule has 2 heteroatoms. The second-order valence-corrected chi connectivity index (χ2v) is 2.83. The van der Waals surface area contributed by atoms with E-state index in [1.54, 1.807) is 14.2 Å². The Balaban J connectivity index is 0.000000354. The molecule has 0 aromatic heterocycles. The van der Waals surface area contributed by atoms with Crippen LogP contribution in [0, 0.1) is 13.8 Å². The van der Waals surface area contributed by atoms with E-state index in [0.29, 0.717) is 0 Å². The van der Waals surface area contributed by atoms with E-state index in [1.165, 1.54) is 11.1 Å². The first-order chi connectivity index (χ1) is 5.60. The van der Waals surface area contributed by atoms with Crippen LogP contribution in [0.2, 0.25) is 0 Å². The van der Waals surface area contributed by atoms with Crippen LogP contribution in [0.1, 0.15) is 11.1 Å². The summed E-state index contributed by atoms with van der Waals surface area (Å²) < 4.78 is 4.25. The Morgan fingerprint density at radius 2 is 1.33 bits per heavy atom. The molecular weight excluding hydrogens is 150 g/mol. The maximum Gasteiger partial charge on any atom is 0.0351 e. The predicted octanol–water partition coefficient (Wildman–Crippen LogP) is 2.15. The van der Waals surface area contributed by atoms with Crippen molar-refractivity contribution in [2.75, 3.05) is 20.0 Å². The van der Waals surface area contributed by atoms with Crippen molar-refractivity contribution in [1.29, 1.82) is 0 Å². The first-order valence-corrected chi connectivity index (χ1v) is 3.84. The largest absolute Gasteiger partial charge is 0.399 e. The SMILES string of the molecule is COC.Cc1cc(C)cc(N)c1. The molecule has 12 heavy (non-hydrogen) atoms. The minimum absolute atomic E-state index is 0.854. The van der Waals surface area contributed by atoms with E-state index in [1.807, 2.05) is 26.0 Å². The van der Waals surface area contributed by atoms with E-state index in [4.69, 9.17) is 5.73 Å². The molecule has 0 bridgehead atoms. The summed E-state index contributed by atoms with van der Waals surface area (Å²) in [5.41, 5.74) is 8.87. The van der Waals surface area contributed by atoms with Crippen LogP contribution in [0.3, 0.4) is 0 Å². The zero-order valence-corrected chi connectivity index (χ0v) is 8.22. The minimum Gasteiger partial charge on any atom is -0.399 e. The van der Waals surface area contributed by atoms with Gasteiger partial charge in [0.05, 0.1) is 0 Å². The number of nitrogen functional groups attached to an aromatic ring is 1. The van der Waals surface area contributed by atoms with Crippen LogP contribution in [0.15, 0.2) is 18.2 Å². The molecular formula is C10H17NO. The lowest BCUT2D eigenvalue weighted by atomic mass is 10.1. The van der Waals surface area contributed by atoms with Gasteiger partial charge in [0.15, 0.2) is 0 Å². The summed E-state index contributed by atoms with van der Waals surface area (Å²) in [6, 6.07) is 6.04. The van der Waals surface area contributed by atoms with Crippen LogP contribution in [0.5, 0.6) is 0 Å². The Kier molecular flexibility index (Phi) is 5.13. The molecule has 1 aromatic carbocycles. The number of rotatable bonds is 0. The summed E-state index contributed by atoms with van der Waals surface area (Å²) in [4.78, 5) is 0. The van der Waals surface area contributed by atoms with Crippen molar-refractivity contribution in [3.63, 3.8) is 0 Å². The summed E-state index contributed by atoms with van der Waals surface area (Å²) in [5.74, 6) is 0. The molecule has 0 aliphatic heterocycles. The van der Waals surface area contributed by atoms with Crippen molar-refractivity contribution >= 4 is 5.69 Å². The second-order valence-electron chi connectivity index (χ2n) is 2.83. The Labute approximate surface area is 74.4 Å². The van der Waals surface area contributed by atoms with Gasteiger partial charge in [0, 0.05) is 19.9 Å². The lowest BCUT2D eigenvalue weighted by molar-refractivity contribution is 0.277. The van der Waals surface area contributed by atoms with Crippen molar-refractivity contribution in [3.05, 3.63) is 29.3 Å². The molecule has 2 N–H and O–H groups in total. The van der Waals surface area contributed by atoms with Gasteiger partial charge in [0.2, 0.25) is 0 Å². The molecule has 68 valence electrons. The normalized spacial score (nSPS) is 8.67. The van der Waals surface area contributed by atoms with E-state index in [-0.39, 0.29) is 0 Å². The van der Waals surface area contributed by atoms with Gasteiger partial charge in [-0.1, -0.05) is 6.07 Å². The number of anilines is 1. The number of hydrogen-bond acceptors (Lipinski definition) is 2. The summed E-state index contributed by atoms with van der Waals surface area (Å²) in [6.45, 7) is 4.09. The minimum atomic E-state index is 0.854. The third-order valence-electron chi connectivity index (χ3n) is 1.24. The van der Waals surface area contributed by atoms with Crippen LogP contribution in [-0.4, -0.2) is 14.2 Å². The Hall–Kier alpha value is -1.02. The lowest BCUT2D eigenvalue weighted by Gasteiger charge is -1.97. The molecule has 0 unspecified atom stereocenters. The summed E-state index contributed by atoms with van der Waals surface area (Å²) >= 11 is 0. The Morgan fingerprint density at radius 1 is 1.00 bits per heavy atom. The zero-order chi connectivity index (χ0) is 9.56. The van der Waals surface area contributed by atoms with Gasteiger partial charge < -0.3 is 10.5 Å². The fourth-order valence-corrected chi connectivity index (χ4v) is 1.01. The molecule has 0 aliphatic carbocycles. The molecule has 0 saturated carbocycles. The maximum atomic E-state index is 5.56. The number of nitrogens with two attached hydrogens (primary N) is 1. The second kappa shape index (κ2) is 5.61. The van der Waals surface area contributed by atoms with Crippen molar-refractivity contribution < 1.29 is 4.74 Å².